The van der Waals surface area contributed by atoms with E-state index >= 15 is 0 Å². The van der Waals surface area contributed by atoms with Crippen LogP contribution in [0, 0.1) is 0 Å². The molecule has 1 aromatic heterocycles. The fourth-order valence-corrected chi connectivity index (χ4v) is 2.91. The fraction of sp³-hybridized carbons (Fsp3) is 0.176. The number of H-pyrrole nitrogens is 1. The van der Waals surface area contributed by atoms with Crippen LogP contribution in [0.25, 0.3) is 10.9 Å². The van der Waals surface area contributed by atoms with E-state index in [1.807, 2.05) is 37.4 Å². The molecule has 1 N–H and O–H groups in total. The van der Waals surface area contributed by atoms with Crippen molar-refractivity contribution in [2.24, 2.45) is 0 Å². The predicted molar refractivity (Wildman–Crippen MR) is 91.7 cm³/mol. The van der Waals surface area contributed by atoms with E-state index < -0.39 is 0 Å². The Labute approximate surface area is 136 Å². The van der Waals surface area contributed by atoms with E-state index in [0.717, 1.165) is 16.5 Å². The van der Waals surface area contributed by atoms with Crippen LogP contribution >= 0.6 is 15.9 Å². The molecule has 0 aliphatic heterocycles. The molecule has 2 aromatic carbocycles. The highest BCUT2D eigenvalue weighted by Crippen LogP contribution is 2.14. The maximum absolute atomic E-state index is 12.1. The lowest BCUT2D eigenvalue weighted by atomic mass is 10.2. The normalized spacial score (nSPS) is 11.2. The number of rotatable bonds is 4. The maximum atomic E-state index is 12.1. The van der Waals surface area contributed by atoms with Crippen molar-refractivity contribution in [3.05, 3.63) is 74.7 Å². The number of hydrogen-bond donors (Lipinski definition) is 1. The second-order valence-corrected chi connectivity index (χ2v) is 6.25. The van der Waals surface area contributed by atoms with Gasteiger partial charge in [0.1, 0.15) is 5.82 Å². The predicted octanol–water partition coefficient (Wildman–Crippen LogP) is 3.32. The summed E-state index contributed by atoms with van der Waals surface area (Å²) in [7, 11) is 2.01. The average Bonchev–Trinajstić information content (AvgIpc) is 2.47. The lowest BCUT2D eigenvalue weighted by Gasteiger charge is -2.16. The molecule has 0 saturated heterocycles. The van der Waals surface area contributed by atoms with Crippen LogP contribution in [0.1, 0.15) is 11.4 Å². The second kappa shape index (κ2) is 6.42. The van der Waals surface area contributed by atoms with Gasteiger partial charge in [0.15, 0.2) is 0 Å². The van der Waals surface area contributed by atoms with Gasteiger partial charge in [-0.15, -0.1) is 0 Å². The van der Waals surface area contributed by atoms with E-state index in [9.17, 15) is 4.79 Å². The van der Waals surface area contributed by atoms with Crippen LogP contribution in [0.3, 0.4) is 0 Å². The molecule has 3 aromatic rings. The SMILES string of the molecule is CN(Cc1cccc(Br)c1)Cc1nc2ccccc2c(=O)[nH]1. The number of nitrogens with one attached hydrogen (secondary N) is 1. The van der Waals surface area contributed by atoms with E-state index in [1.165, 1.54) is 5.56 Å². The number of fused-ring (bicyclic) bond motifs is 1. The first kappa shape index (κ1) is 14.9. The molecule has 3 rings (SSSR count). The van der Waals surface area contributed by atoms with Crippen molar-refractivity contribution >= 4 is 26.8 Å². The highest BCUT2D eigenvalue weighted by Gasteiger charge is 2.07. The number of para-hydroxylation sites is 1. The smallest absolute Gasteiger partial charge is 0.258 e. The van der Waals surface area contributed by atoms with Crippen LogP contribution in [0.2, 0.25) is 0 Å². The first-order valence-electron chi connectivity index (χ1n) is 7.03. The Morgan fingerprint density at radius 3 is 2.77 bits per heavy atom. The fourth-order valence-electron chi connectivity index (χ4n) is 2.47. The Balaban J connectivity index is 1.79. The average molecular weight is 358 g/mol. The van der Waals surface area contributed by atoms with Crippen molar-refractivity contribution in [2.45, 2.75) is 13.1 Å². The van der Waals surface area contributed by atoms with Gasteiger partial charge in [-0.1, -0.05) is 40.2 Å². The standard InChI is InChI=1S/C17H16BrN3O/c1-21(10-12-5-4-6-13(18)9-12)11-16-19-15-8-3-2-7-14(15)17(22)20-16/h2-9H,10-11H2,1H3,(H,19,20,22). The van der Waals surface area contributed by atoms with E-state index in [1.54, 1.807) is 6.07 Å². The van der Waals surface area contributed by atoms with Crippen LogP contribution in [-0.2, 0) is 13.1 Å². The Kier molecular flexibility index (Phi) is 4.36. The molecular formula is C17H16BrN3O. The number of hydrogen-bond acceptors (Lipinski definition) is 3. The van der Waals surface area contributed by atoms with Gasteiger partial charge in [0.2, 0.25) is 0 Å². The molecule has 112 valence electrons. The van der Waals surface area contributed by atoms with Gasteiger partial charge in [0, 0.05) is 11.0 Å². The van der Waals surface area contributed by atoms with Crippen molar-refractivity contribution in [1.82, 2.24) is 14.9 Å². The van der Waals surface area contributed by atoms with E-state index in [2.05, 4.69) is 42.9 Å². The van der Waals surface area contributed by atoms with Crippen molar-refractivity contribution in [1.29, 1.82) is 0 Å². The summed E-state index contributed by atoms with van der Waals surface area (Å²) in [5.74, 6) is 0.682. The number of aromatic amines is 1. The quantitative estimate of drug-likeness (QED) is 0.779. The van der Waals surface area contributed by atoms with E-state index in [-0.39, 0.29) is 5.56 Å². The molecule has 0 spiro atoms. The zero-order valence-corrected chi connectivity index (χ0v) is 13.8. The third-order valence-corrected chi connectivity index (χ3v) is 3.92. The molecule has 0 fully saturated rings. The summed E-state index contributed by atoms with van der Waals surface area (Å²) in [5, 5.41) is 0.626. The van der Waals surface area contributed by atoms with Gasteiger partial charge < -0.3 is 4.98 Å². The molecule has 0 saturated carbocycles. The van der Waals surface area contributed by atoms with Crippen LogP contribution in [0.15, 0.2) is 57.8 Å². The Hall–Kier alpha value is -1.98. The Morgan fingerprint density at radius 1 is 1.14 bits per heavy atom. The van der Waals surface area contributed by atoms with Gasteiger partial charge in [-0.25, -0.2) is 4.98 Å². The summed E-state index contributed by atoms with van der Waals surface area (Å²) in [4.78, 5) is 21.6. The molecular weight excluding hydrogens is 342 g/mol. The largest absolute Gasteiger partial charge is 0.309 e. The van der Waals surface area contributed by atoms with Crippen LogP contribution in [-0.4, -0.2) is 21.9 Å². The third-order valence-electron chi connectivity index (χ3n) is 3.42. The number of halogens is 1. The maximum Gasteiger partial charge on any atom is 0.258 e. The molecule has 0 atom stereocenters. The third kappa shape index (κ3) is 3.43. The summed E-state index contributed by atoms with van der Waals surface area (Å²) in [6.45, 7) is 1.38. The van der Waals surface area contributed by atoms with Crippen LogP contribution in [0.4, 0.5) is 0 Å². The van der Waals surface area contributed by atoms with Crippen molar-refractivity contribution in [2.75, 3.05) is 7.05 Å². The molecule has 0 unspecified atom stereocenters. The molecule has 0 aliphatic rings. The van der Waals surface area contributed by atoms with E-state index in [4.69, 9.17) is 0 Å². The van der Waals surface area contributed by atoms with Gasteiger partial charge in [-0.05, 0) is 36.9 Å². The first-order chi connectivity index (χ1) is 10.6. The molecule has 1 heterocycles. The van der Waals surface area contributed by atoms with Crippen molar-refractivity contribution in [3.8, 4) is 0 Å². The summed E-state index contributed by atoms with van der Waals surface area (Å²) >= 11 is 3.48. The van der Waals surface area contributed by atoms with Gasteiger partial charge in [0.05, 0.1) is 17.4 Å². The first-order valence-corrected chi connectivity index (χ1v) is 7.82. The van der Waals surface area contributed by atoms with Crippen LogP contribution in [0.5, 0.6) is 0 Å². The molecule has 0 amide bonds. The second-order valence-electron chi connectivity index (χ2n) is 5.33. The van der Waals surface area contributed by atoms with Gasteiger partial charge in [-0.3, -0.25) is 9.69 Å². The topological polar surface area (TPSA) is 49.0 Å². The molecule has 0 radical (unpaired) electrons. The molecule has 4 nitrogen and oxygen atoms in total. The molecule has 0 bridgehead atoms. The van der Waals surface area contributed by atoms with Crippen molar-refractivity contribution < 1.29 is 0 Å². The lowest BCUT2D eigenvalue weighted by molar-refractivity contribution is 0.310. The summed E-state index contributed by atoms with van der Waals surface area (Å²) in [6, 6.07) is 15.6. The summed E-state index contributed by atoms with van der Waals surface area (Å²) in [6.07, 6.45) is 0. The lowest BCUT2D eigenvalue weighted by Crippen LogP contribution is -2.21. The number of nitrogens with zero attached hydrogens (tertiary/aromatic N) is 2. The molecule has 22 heavy (non-hydrogen) atoms. The molecule has 5 heteroatoms. The zero-order valence-electron chi connectivity index (χ0n) is 12.2. The monoisotopic (exact) mass is 357 g/mol. The minimum Gasteiger partial charge on any atom is -0.309 e. The minimum atomic E-state index is -0.0866. The van der Waals surface area contributed by atoms with Gasteiger partial charge in [-0.2, -0.15) is 0 Å². The number of aromatic nitrogens is 2. The molecule has 0 aliphatic carbocycles. The Bertz CT molecular complexity index is 860. The highest BCUT2D eigenvalue weighted by atomic mass is 79.9. The highest BCUT2D eigenvalue weighted by molar-refractivity contribution is 9.10. The van der Waals surface area contributed by atoms with E-state index in [0.29, 0.717) is 17.8 Å². The van der Waals surface area contributed by atoms with Gasteiger partial charge >= 0.3 is 0 Å². The Morgan fingerprint density at radius 2 is 1.95 bits per heavy atom. The summed E-state index contributed by atoms with van der Waals surface area (Å²) < 4.78 is 1.07. The van der Waals surface area contributed by atoms with Gasteiger partial charge in [0.25, 0.3) is 5.56 Å². The minimum absolute atomic E-state index is 0.0866. The summed E-state index contributed by atoms with van der Waals surface area (Å²) in [5.41, 5.74) is 1.86. The van der Waals surface area contributed by atoms with Crippen LogP contribution < -0.4 is 5.56 Å². The zero-order chi connectivity index (χ0) is 15.5. The number of benzene rings is 2. The van der Waals surface area contributed by atoms with Crippen molar-refractivity contribution in [3.63, 3.8) is 0 Å².